The van der Waals surface area contributed by atoms with Crippen LogP contribution in [-0.4, -0.2) is 48.7 Å². The largest absolute Gasteiger partial charge is 0.364 e. The minimum absolute atomic E-state index is 0.00124. The molecule has 21 heavy (non-hydrogen) atoms. The minimum Gasteiger partial charge on any atom is -0.364 e. The Morgan fingerprint density at radius 3 is 2.33 bits per heavy atom. The Labute approximate surface area is 122 Å². The van der Waals surface area contributed by atoms with Gasteiger partial charge in [-0.15, -0.1) is 0 Å². The average Bonchev–Trinajstić information content (AvgIpc) is 2.38. The molecular formula is C10H18N6O4S. The fraction of sp³-hybridized carbons (Fsp3) is 0.600. The predicted octanol–water partition coefficient (Wildman–Crippen LogP) is 0.168. The highest BCUT2D eigenvalue weighted by atomic mass is 32.2. The second kappa shape index (κ2) is 7.69. The second-order valence-corrected chi connectivity index (χ2v) is 5.88. The molecule has 118 valence electrons. The zero-order chi connectivity index (χ0) is 15.9. The van der Waals surface area contributed by atoms with Gasteiger partial charge >= 0.3 is 5.69 Å². The van der Waals surface area contributed by atoms with Gasteiger partial charge in [0.05, 0.1) is 10.7 Å². The van der Waals surface area contributed by atoms with Crippen LogP contribution in [0.25, 0.3) is 0 Å². The van der Waals surface area contributed by atoms with Gasteiger partial charge in [0.15, 0.2) is 0 Å². The third-order valence-corrected chi connectivity index (χ3v) is 3.85. The van der Waals surface area contributed by atoms with Crippen molar-refractivity contribution in [3.63, 3.8) is 0 Å². The van der Waals surface area contributed by atoms with Gasteiger partial charge in [0, 0.05) is 19.6 Å². The zero-order valence-electron chi connectivity index (χ0n) is 11.8. The van der Waals surface area contributed by atoms with E-state index in [1.54, 1.807) is 13.8 Å². The van der Waals surface area contributed by atoms with Gasteiger partial charge in [-0.1, -0.05) is 6.92 Å². The van der Waals surface area contributed by atoms with Crippen LogP contribution in [0.2, 0.25) is 0 Å². The topological polar surface area (TPSA) is 139 Å². The van der Waals surface area contributed by atoms with E-state index in [2.05, 4.69) is 25.3 Å². The lowest BCUT2D eigenvalue weighted by Crippen LogP contribution is -2.29. The van der Waals surface area contributed by atoms with E-state index in [4.69, 9.17) is 0 Å². The van der Waals surface area contributed by atoms with Gasteiger partial charge < -0.3 is 10.6 Å². The summed E-state index contributed by atoms with van der Waals surface area (Å²) in [5, 5.41) is 16.5. The summed E-state index contributed by atoms with van der Waals surface area (Å²) in [6.45, 7) is 4.20. The number of aromatic nitrogens is 2. The number of hydrogen-bond donors (Lipinski definition) is 3. The molecule has 11 heteroatoms. The molecule has 0 saturated carbocycles. The van der Waals surface area contributed by atoms with Gasteiger partial charge in [-0.25, -0.2) is 23.1 Å². The summed E-state index contributed by atoms with van der Waals surface area (Å²) in [6.07, 6.45) is 1.17. The highest BCUT2D eigenvalue weighted by Crippen LogP contribution is 2.28. The van der Waals surface area contributed by atoms with Crippen molar-refractivity contribution in [3.05, 3.63) is 16.4 Å². The van der Waals surface area contributed by atoms with Crippen molar-refractivity contribution in [1.29, 1.82) is 0 Å². The molecule has 0 radical (unpaired) electrons. The van der Waals surface area contributed by atoms with Crippen LogP contribution in [0.5, 0.6) is 0 Å². The molecule has 1 heterocycles. The van der Waals surface area contributed by atoms with Crippen molar-refractivity contribution in [2.24, 2.45) is 0 Å². The van der Waals surface area contributed by atoms with Crippen LogP contribution in [0.15, 0.2) is 6.33 Å². The summed E-state index contributed by atoms with van der Waals surface area (Å²) in [5.41, 5.74) is -0.305. The first kappa shape index (κ1) is 17.0. The van der Waals surface area contributed by atoms with Crippen LogP contribution >= 0.6 is 0 Å². The Balaban J connectivity index is 2.84. The SMILES string of the molecule is CCNc1ncnc(NCCS(=O)(=O)NCC)c1[N+](=O)[O-]. The third kappa shape index (κ3) is 5.11. The molecule has 1 aromatic heterocycles. The lowest BCUT2D eigenvalue weighted by Gasteiger charge is -2.09. The summed E-state index contributed by atoms with van der Waals surface area (Å²) < 4.78 is 25.3. The molecule has 1 aromatic rings. The maximum Gasteiger partial charge on any atom is 0.353 e. The van der Waals surface area contributed by atoms with E-state index < -0.39 is 14.9 Å². The normalized spacial score (nSPS) is 11.1. The molecule has 3 N–H and O–H groups in total. The molecule has 0 unspecified atom stereocenters. The molecule has 0 saturated heterocycles. The van der Waals surface area contributed by atoms with Crippen LogP contribution in [0.3, 0.4) is 0 Å². The molecule has 0 spiro atoms. The number of hydrogen-bond acceptors (Lipinski definition) is 8. The van der Waals surface area contributed by atoms with E-state index in [0.29, 0.717) is 13.1 Å². The molecule has 10 nitrogen and oxygen atoms in total. The summed E-state index contributed by atoms with van der Waals surface area (Å²) in [5.74, 6) is -0.134. The van der Waals surface area contributed by atoms with Crippen molar-refractivity contribution in [2.75, 3.05) is 36.0 Å². The lowest BCUT2D eigenvalue weighted by atomic mass is 10.4. The molecule has 0 bridgehead atoms. The Morgan fingerprint density at radius 2 is 1.81 bits per heavy atom. The zero-order valence-corrected chi connectivity index (χ0v) is 12.6. The highest BCUT2D eigenvalue weighted by molar-refractivity contribution is 7.89. The minimum atomic E-state index is -3.40. The monoisotopic (exact) mass is 318 g/mol. The first-order valence-electron chi connectivity index (χ1n) is 6.35. The summed E-state index contributed by atoms with van der Waals surface area (Å²) in [4.78, 5) is 18.1. The van der Waals surface area contributed by atoms with E-state index in [1.807, 2.05) is 0 Å². The Kier molecular flexibility index (Phi) is 6.24. The molecule has 0 aliphatic carbocycles. The number of nitrogens with one attached hydrogen (secondary N) is 3. The Bertz CT molecular complexity index is 591. The quantitative estimate of drug-likeness (QED) is 0.432. The standard InChI is InChI=1S/C10H18N6O4S/c1-3-11-9-8(16(17)18)10(14-7-13-9)12-5-6-21(19,20)15-4-2/h7,15H,3-6H2,1-2H3,(H2,11,12,13,14). The Hall–Kier alpha value is -2.01. The maximum absolute atomic E-state index is 11.5. The van der Waals surface area contributed by atoms with Crippen LogP contribution < -0.4 is 15.4 Å². The highest BCUT2D eigenvalue weighted by Gasteiger charge is 2.22. The summed E-state index contributed by atoms with van der Waals surface area (Å²) >= 11 is 0. The van der Waals surface area contributed by atoms with Gasteiger partial charge in [-0.2, -0.15) is 0 Å². The fourth-order valence-electron chi connectivity index (χ4n) is 1.57. The Morgan fingerprint density at radius 1 is 1.19 bits per heavy atom. The predicted molar refractivity (Wildman–Crippen MR) is 78.8 cm³/mol. The van der Waals surface area contributed by atoms with Crippen molar-refractivity contribution in [1.82, 2.24) is 14.7 Å². The number of rotatable bonds is 9. The molecule has 0 amide bonds. The lowest BCUT2D eigenvalue weighted by molar-refractivity contribution is -0.383. The number of nitro groups is 1. The second-order valence-electron chi connectivity index (χ2n) is 3.95. The molecule has 0 aromatic carbocycles. The van der Waals surface area contributed by atoms with Crippen LogP contribution in [-0.2, 0) is 10.0 Å². The molecular weight excluding hydrogens is 300 g/mol. The molecule has 0 aliphatic rings. The smallest absolute Gasteiger partial charge is 0.353 e. The number of sulfonamides is 1. The van der Waals surface area contributed by atoms with Crippen molar-refractivity contribution in [3.8, 4) is 0 Å². The van der Waals surface area contributed by atoms with Gasteiger partial charge in [0.25, 0.3) is 0 Å². The molecule has 0 atom stereocenters. The van der Waals surface area contributed by atoms with Gasteiger partial charge in [-0.3, -0.25) is 10.1 Å². The van der Waals surface area contributed by atoms with Gasteiger partial charge in [0.2, 0.25) is 21.7 Å². The van der Waals surface area contributed by atoms with Crippen molar-refractivity contribution >= 4 is 27.3 Å². The first-order chi connectivity index (χ1) is 9.91. The van der Waals surface area contributed by atoms with E-state index in [-0.39, 0.29) is 29.6 Å². The van der Waals surface area contributed by atoms with E-state index in [9.17, 15) is 18.5 Å². The molecule has 0 fully saturated rings. The number of nitrogens with zero attached hydrogens (tertiary/aromatic N) is 3. The van der Waals surface area contributed by atoms with E-state index in [1.165, 1.54) is 6.33 Å². The van der Waals surface area contributed by atoms with Gasteiger partial charge in [-0.05, 0) is 6.92 Å². The fourth-order valence-corrected chi connectivity index (χ4v) is 2.53. The van der Waals surface area contributed by atoms with E-state index >= 15 is 0 Å². The van der Waals surface area contributed by atoms with Crippen molar-refractivity contribution in [2.45, 2.75) is 13.8 Å². The maximum atomic E-state index is 11.5. The van der Waals surface area contributed by atoms with Crippen LogP contribution in [0.1, 0.15) is 13.8 Å². The third-order valence-electron chi connectivity index (χ3n) is 2.38. The van der Waals surface area contributed by atoms with Crippen molar-refractivity contribution < 1.29 is 13.3 Å². The van der Waals surface area contributed by atoms with Gasteiger partial charge in [0.1, 0.15) is 6.33 Å². The van der Waals surface area contributed by atoms with Crippen LogP contribution in [0, 0.1) is 10.1 Å². The van der Waals surface area contributed by atoms with Crippen LogP contribution in [0.4, 0.5) is 17.3 Å². The first-order valence-corrected chi connectivity index (χ1v) is 8.01. The summed E-state index contributed by atoms with van der Waals surface area (Å²) in [7, 11) is -3.40. The molecule has 0 aliphatic heterocycles. The summed E-state index contributed by atoms with van der Waals surface area (Å²) in [6, 6.07) is 0. The van der Waals surface area contributed by atoms with E-state index in [0.717, 1.165) is 0 Å². The average molecular weight is 318 g/mol. The molecule has 1 rings (SSSR count). The number of anilines is 2.